The summed E-state index contributed by atoms with van der Waals surface area (Å²) in [7, 11) is 1.79. The zero-order valence-corrected chi connectivity index (χ0v) is 20.0. The van der Waals surface area contributed by atoms with Crippen LogP contribution in [-0.2, 0) is 22.7 Å². The Bertz CT molecular complexity index is 659. The van der Waals surface area contributed by atoms with Crippen LogP contribution in [0.1, 0.15) is 50.2 Å². The highest BCUT2D eigenvalue weighted by Crippen LogP contribution is 2.27. The second-order valence-electron chi connectivity index (χ2n) is 7.77. The quantitative estimate of drug-likeness (QED) is 0.333. The van der Waals surface area contributed by atoms with Crippen molar-refractivity contribution in [1.29, 1.82) is 0 Å². The molecule has 0 aromatic heterocycles. The largest absolute Gasteiger partial charge is 0.377 e. The minimum absolute atomic E-state index is 0. The van der Waals surface area contributed by atoms with Crippen LogP contribution in [0.3, 0.4) is 0 Å². The summed E-state index contributed by atoms with van der Waals surface area (Å²) in [4.78, 5) is 19.0. The van der Waals surface area contributed by atoms with Gasteiger partial charge in [0.05, 0.1) is 6.61 Å². The van der Waals surface area contributed by atoms with E-state index in [1.165, 1.54) is 24.0 Å². The van der Waals surface area contributed by atoms with Crippen molar-refractivity contribution in [1.82, 2.24) is 15.5 Å². The number of ether oxygens (including phenoxy) is 1. The molecule has 2 N–H and O–H groups in total. The van der Waals surface area contributed by atoms with E-state index in [1.807, 2.05) is 11.8 Å². The van der Waals surface area contributed by atoms with Crippen LogP contribution in [0.5, 0.6) is 0 Å². The first-order valence-electron chi connectivity index (χ1n) is 10.6. The van der Waals surface area contributed by atoms with Gasteiger partial charge in [-0.3, -0.25) is 9.79 Å². The molecule has 1 amide bonds. The number of amides is 1. The zero-order chi connectivity index (χ0) is 19.8. The smallest absolute Gasteiger partial charge is 0.225 e. The summed E-state index contributed by atoms with van der Waals surface area (Å²) in [6.45, 7) is 5.74. The van der Waals surface area contributed by atoms with Crippen LogP contribution in [0.15, 0.2) is 29.3 Å². The van der Waals surface area contributed by atoms with Crippen molar-refractivity contribution < 1.29 is 9.53 Å². The number of rotatable bonds is 7. The maximum atomic E-state index is 12.6. The van der Waals surface area contributed by atoms with Crippen LogP contribution in [0.4, 0.5) is 0 Å². The van der Waals surface area contributed by atoms with Crippen molar-refractivity contribution in [2.45, 2.75) is 58.2 Å². The van der Waals surface area contributed by atoms with Gasteiger partial charge >= 0.3 is 0 Å². The fourth-order valence-electron chi connectivity index (χ4n) is 4.06. The van der Waals surface area contributed by atoms with Crippen molar-refractivity contribution in [3.63, 3.8) is 0 Å². The third kappa shape index (κ3) is 7.13. The van der Waals surface area contributed by atoms with Gasteiger partial charge in [-0.2, -0.15) is 0 Å². The van der Waals surface area contributed by atoms with Crippen molar-refractivity contribution in [2.24, 2.45) is 10.9 Å². The number of nitrogens with one attached hydrogen (secondary N) is 2. The molecule has 1 aliphatic carbocycles. The van der Waals surface area contributed by atoms with E-state index in [4.69, 9.17) is 4.74 Å². The van der Waals surface area contributed by atoms with Gasteiger partial charge in [-0.05, 0) is 37.3 Å². The molecule has 0 radical (unpaired) electrons. The normalized spacial score (nSPS) is 19.9. The Labute approximate surface area is 191 Å². The fourth-order valence-corrected chi connectivity index (χ4v) is 4.06. The van der Waals surface area contributed by atoms with Crippen molar-refractivity contribution in [2.75, 3.05) is 26.7 Å². The van der Waals surface area contributed by atoms with Gasteiger partial charge in [-0.25, -0.2) is 0 Å². The molecule has 1 saturated carbocycles. The van der Waals surface area contributed by atoms with Gasteiger partial charge in [0.25, 0.3) is 0 Å². The minimum atomic E-state index is 0. The summed E-state index contributed by atoms with van der Waals surface area (Å²) in [6, 6.07) is 8.71. The van der Waals surface area contributed by atoms with E-state index in [2.05, 4.69) is 39.9 Å². The Balaban J connectivity index is 0.00000300. The lowest BCUT2D eigenvalue weighted by atomic mass is 10.1. The molecule has 3 rings (SSSR count). The Morgan fingerprint density at radius 3 is 2.52 bits per heavy atom. The number of hydrogen-bond acceptors (Lipinski definition) is 3. The molecule has 1 aromatic carbocycles. The van der Waals surface area contributed by atoms with Crippen LogP contribution in [0, 0.1) is 5.92 Å². The molecule has 2 fully saturated rings. The highest BCUT2D eigenvalue weighted by Gasteiger charge is 2.32. The topological polar surface area (TPSA) is 66.0 Å². The highest BCUT2D eigenvalue weighted by molar-refractivity contribution is 14.0. The standard InChI is InChI=1S/C22H34N4O2.HI/c1-3-28-16-18-10-8-17(9-11-18)14-24-22(23-2)25-20-12-13-26(15-20)21(27)19-6-4-5-7-19;/h8-11,19-20H,3-7,12-16H2,1-2H3,(H2,23,24,25);1H. The maximum Gasteiger partial charge on any atom is 0.225 e. The lowest BCUT2D eigenvalue weighted by molar-refractivity contribution is -0.134. The summed E-state index contributed by atoms with van der Waals surface area (Å²) in [5.74, 6) is 1.41. The average Bonchev–Trinajstić information content (AvgIpc) is 3.42. The zero-order valence-electron chi connectivity index (χ0n) is 17.7. The fraction of sp³-hybridized carbons (Fsp3) is 0.636. The van der Waals surface area contributed by atoms with Crippen LogP contribution in [0.2, 0.25) is 0 Å². The number of hydrogen-bond donors (Lipinski definition) is 2. The number of nitrogens with zero attached hydrogens (tertiary/aromatic N) is 2. The van der Waals surface area contributed by atoms with E-state index in [-0.39, 0.29) is 35.9 Å². The Morgan fingerprint density at radius 1 is 1.17 bits per heavy atom. The maximum absolute atomic E-state index is 12.6. The molecule has 0 bridgehead atoms. The van der Waals surface area contributed by atoms with Crippen LogP contribution >= 0.6 is 24.0 Å². The molecule has 7 heteroatoms. The van der Waals surface area contributed by atoms with Gasteiger partial charge in [0, 0.05) is 45.2 Å². The van der Waals surface area contributed by atoms with E-state index < -0.39 is 0 Å². The van der Waals surface area contributed by atoms with Crippen molar-refractivity contribution in [3.8, 4) is 0 Å². The van der Waals surface area contributed by atoms with E-state index >= 15 is 0 Å². The molecule has 29 heavy (non-hydrogen) atoms. The summed E-state index contributed by atoms with van der Waals surface area (Å²) in [5.41, 5.74) is 2.39. The van der Waals surface area contributed by atoms with Crippen molar-refractivity contribution in [3.05, 3.63) is 35.4 Å². The Morgan fingerprint density at radius 2 is 1.86 bits per heavy atom. The van der Waals surface area contributed by atoms with Gasteiger partial charge in [-0.1, -0.05) is 37.1 Å². The average molecular weight is 514 g/mol. The molecule has 1 saturated heterocycles. The lowest BCUT2D eigenvalue weighted by Gasteiger charge is -2.21. The third-order valence-corrected chi connectivity index (χ3v) is 5.72. The molecule has 6 nitrogen and oxygen atoms in total. The van der Waals surface area contributed by atoms with E-state index in [0.29, 0.717) is 19.1 Å². The molecule has 1 unspecified atom stereocenters. The number of aliphatic imine (C=N–C) groups is 1. The number of carbonyl (C=O) groups is 1. The number of likely N-dealkylation sites (tertiary alicyclic amines) is 1. The van der Waals surface area contributed by atoms with Gasteiger partial charge < -0.3 is 20.3 Å². The SMILES string of the molecule is CCOCc1ccc(CNC(=NC)NC2CCN(C(=O)C3CCCC3)C2)cc1.I. The summed E-state index contributed by atoms with van der Waals surface area (Å²) >= 11 is 0. The molecule has 2 aliphatic rings. The van der Waals surface area contributed by atoms with Gasteiger partial charge in [0.15, 0.2) is 5.96 Å². The van der Waals surface area contributed by atoms with Gasteiger partial charge in [0.1, 0.15) is 0 Å². The summed E-state index contributed by atoms with van der Waals surface area (Å²) in [6.07, 6.45) is 5.52. The summed E-state index contributed by atoms with van der Waals surface area (Å²) < 4.78 is 5.43. The number of guanidine groups is 1. The number of carbonyl (C=O) groups excluding carboxylic acids is 1. The molecule has 0 spiro atoms. The van der Waals surface area contributed by atoms with Crippen LogP contribution in [-0.4, -0.2) is 49.6 Å². The molecular formula is C22H35IN4O2. The molecule has 1 atom stereocenters. The minimum Gasteiger partial charge on any atom is -0.377 e. The predicted molar refractivity (Wildman–Crippen MR) is 127 cm³/mol. The van der Waals surface area contributed by atoms with E-state index in [9.17, 15) is 4.79 Å². The van der Waals surface area contributed by atoms with Crippen molar-refractivity contribution >= 4 is 35.8 Å². The Hall–Kier alpha value is -1.35. The molecular weight excluding hydrogens is 479 g/mol. The lowest BCUT2D eigenvalue weighted by Crippen LogP contribution is -2.45. The van der Waals surface area contributed by atoms with Gasteiger partial charge in [-0.15, -0.1) is 24.0 Å². The molecule has 1 heterocycles. The first-order valence-corrected chi connectivity index (χ1v) is 10.6. The molecule has 1 aliphatic heterocycles. The Kier molecular flexibility index (Phi) is 10.2. The number of benzene rings is 1. The first kappa shape index (κ1) is 23.9. The number of halogens is 1. The second kappa shape index (κ2) is 12.4. The monoisotopic (exact) mass is 514 g/mol. The van der Waals surface area contributed by atoms with Crippen LogP contribution < -0.4 is 10.6 Å². The second-order valence-corrected chi connectivity index (χ2v) is 7.77. The third-order valence-electron chi connectivity index (χ3n) is 5.72. The highest BCUT2D eigenvalue weighted by atomic mass is 127. The van der Waals surface area contributed by atoms with Crippen LogP contribution in [0.25, 0.3) is 0 Å². The molecule has 162 valence electrons. The first-order chi connectivity index (χ1) is 13.7. The van der Waals surface area contributed by atoms with E-state index in [0.717, 1.165) is 44.9 Å². The molecule has 1 aromatic rings. The van der Waals surface area contributed by atoms with E-state index in [1.54, 1.807) is 7.05 Å². The predicted octanol–water partition coefficient (Wildman–Crippen LogP) is 3.30. The summed E-state index contributed by atoms with van der Waals surface area (Å²) in [5, 5.41) is 6.85. The van der Waals surface area contributed by atoms with Gasteiger partial charge in [0.2, 0.25) is 5.91 Å².